The zero-order chi connectivity index (χ0) is 19.2. The Kier molecular flexibility index (Phi) is 6.62. The summed E-state index contributed by atoms with van der Waals surface area (Å²) in [6, 6.07) is 17.4. The Balaban J connectivity index is 1.71. The molecule has 4 nitrogen and oxygen atoms in total. The van der Waals surface area contributed by atoms with Crippen molar-refractivity contribution in [2.75, 3.05) is 24.3 Å². The SMILES string of the molecule is CCOP(C)Cc1ccc(C(=O)Nc2cc(-c3cccs3)ccc2N)cc1. The first-order chi connectivity index (χ1) is 13.1. The maximum atomic E-state index is 12.6. The summed E-state index contributed by atoms with van der Waals surface area (Å²) in [4.78, 5) is 13.8. The summed E-state index contributed by atoms with van der Waals surface area (Å²) >= 11 is 1.65. The van der Waals surface area contributed by atoms with Crippen molar-refractivity contribution in [2.45, 2.75) is 13.1 Å². The summed E-state index contributed by atoms with van der Waals surface area (Å²) < 4.78 is 5.63. The van der Waals surface area contributed by atoms with Crippen LogP contribution in [0, 0.1) is 0 Å². The van der Waals surface area contributed by atoms with Crippen molar-refractivity contribution in [3.8, 4) is 10.4 Å². The number of hydrogen-bond donors (Lipinski definition) is 2. The number of anilines is 2. The molecule has 27 heavy (non-hydrogen) atoms. The number of nitrogens with one attached hydrogen (secondary N) is 1. The molecule has 2 aromatic carbocycles. The van der Waals surface area contributed by atoms with Crippen LogP contribution in [0.15, 0.2) is 60.0 Å². The van der Waals surface area contributed by atoms with Crippen molar-refractivity contribution < 1.29 is 9.32 Å². The lowest BCUT2D eigenvalue weighted by atomic mass is 10.1. The predicted molar refractivity (Wildman–Crippen MR) is 117 cm³/mol. The van der Waals surface area contributed by atoms with Crippen LogP contribution in [0.1, 0.15) is 22.8 Å². The van der Waals surface area contributed by atoms with Gasteiger partial charge in [-0.3, -0.25) is 4.79 Å². The molecule has 0 aliphatic heterocycles. The third-order valence-electron chi connectivity index (χ3n) is 4.08. The van der Waals surface area contributed by atoms with Crippen LogP contribution in [0.3, 0.4) is 0 Å². The van der Waals surface area contributed by atoms with Crippen molar-refractivity contribution in [2.24, 2.45) is 0 Å². The molecule has 0 radical (unpaired) electrons. The van der Waals surface area contributed by atoms with Crippen LogP contribution in [0.2, 0.25) is 0 Å². The van der Waals surface area contributed by atoms with Crippen molar-refractivity contribution in [3.05, 3.63) is 71.1 Å². The molecule has 1 atom stereocenters. The molecule has 1 unspecified atom stereocenters. The van der Waals surface area contributed by atoms with Crippen molar-refractivity contribution in [3.63, 3.8) is 0 Å². The molecule has 6 heteroatoms. The van der Waals surface area contributed by atoms with Crippen LogP contribution in [-0.4, -0.2) is 19.2 Å². The van der Waals surface area contributed by atoms with Crippen LogP contribution in [-0.2, 0) is 10.7 Å². The molecule has 0 saturated heterocycles. The maximum absolute atomic E-state index is 12.6. The van der Waals surface area contributed by atoms with Crippen LogP contribution >= 0.6 is 19.5 Å². The van der Waals surface area contributed by atoms with Gasteiger partial charge in [-0.1, -0.05) is 24.3 Å². The fourth-order valence-electron chi connectivity index (χ4n) is 2.74. The molecule has 0 spiro atoms. The number of hydrogen-bond acceptors (Lipinski definition) is 4. The van der Waals surface area contributed by atoms with Gasteiger partial charge in [0.2, 0.25) is 0 Å². The number of nitrogen functional groups attached to an aromatic ring is 1. The summed E-state index contributed by atoms with van der Waals surface area (Å²) in [5, 5.41) is 4.96. The van der Waals surface area contributed by atoms with Gasteiger partial charge in [-0.05, 0) is 60.4 Å². The highest BCUT2D eigenvalue weighted by Crippen LogP contribution is 2.36. The van der Waals surface area contributed by atoms with E-state index in [1.807, 2.05) is 66.9 Å². The molecule has 3 aromatic rings. The van der Waals surface area contributed by atoms with E-state index >= 15 is 0 Å². The third kappa shape index (κ3) is 5.16. The standard InChI is InChI=1S/C21H23N2O2PS/c1-3-25-26(2)14-15-6-8-16(9-7-15)21(24)23-19-13-17(10-11-18(19)22)20-5-4-12-27-20/h4-13H,3,14,22H2,1-2H3,(H,23,24). The van der Waals surface area contributed by atoms with E-state index in [0.717, 1.165) is 23.2 Å². The Hall–Kier alpha value is -2.20. The van der Waals surface area contributed by atoms with Crippen molar-refractivity contribution >= 4 is 36.8 Å². The highest BCUT2D eigenvalue weighted by atomic mass is 32.1. The number of amides is 1. The average molecular weight is 398 g/mol. The molecule has 3 rings (SSSR count). The molecule has 1 amide bonds. The first-order valence-electron chi connectivity index (χ1n) is 8.74. The van der Waals surface area contributed by atoms with E-state index in [0.29, 0.717) is 16.9 Å². The minimum Gasteiger partial charge on any atom is -0.397 e. The quantitative estimate of drug-likeness (QED) is 0.390. The van der Waals surface area contributed by atoms with Gasteiger partial charge >= 0.3 is 0 Å². The minimum absolute atomic E-state index is 0.167. The number of carbonyl (C=O) groups excluding carboxylic acids is 1. The molecular formula is C21H23N2O2PS. The second-order valence-electron chi connectivity index (χ2n) is 6.13. The molecule has 140 valence electrons. The van der Waals surface area contributed by atoms with Crippen molar-refractivity contribution in [1.29, 1.82) is 0 Å². The Labute approximate surface area is 165 Å². The second-order valence-corrected chi connectivity index (χ2v) is 8.91. The first-order valence-corrected chi connectivity index (χ1v) is 11.5. The van der Waals surface area contributed by atoms with E-state index in [2.05, 4.69) is 12.0 Å². The lowest BCUT2D eigenvalue weighted by Crippen LogP contribution is -2.13. The van der Waals surface area contributed by atoms with Crippen LogP contribution < -0.4 is 11.1 Å². The molecule has 0 aliphatic carbocycles. The van der Waals surface area contributed by atoms with E-state index in [4.69, 9.17) is 10.3 Å². The molecule has 0 aliphatic rings. The monoisotopic (exact) mass is 398 g/mol. The fraction of sp³-hybridized carbons (Fsp3) is 0.190. The smallest absolute Gasteiger partial charge is 0.255 e. The summed E-state index contributed by atoms with van der Waals surface area (Å²) in [5.41, 5.74) is 10.1. The number of carbonyl (C=O) groups is 1. The first kappa shape index (κ1) is 19.6. The molecular weight excluding hydrogens is 375 g/mol. The fourth-order valence-corrected chi connectivity index (χ4v) is 4.72. The number of rotatable bonds is 7. The van der Waals surface area contributed by atoms with Crippen molar-refractivity contribution in [1.82, 2.24) is 0 Å². The summed E-state index contributed by atoms with van der Waals surface area (Å²) in [6.45, 7) is 4.85. The zero-order valence-corrected chi connectivity index (χ0v) is 17.1. The number of thiophene rings is 1. The highest BCUT2D eigenvalue weighted by molar-refractivity contribution is 7.50. The molecule has 1 heterocycles. The van der Waals surface area contributed by atoms with E-state index < -0.39 is 8.15 Å². The average Bonchev–Trinajstić information content (AvgIpc) is 3.19. The Morgan fingerprint density at radius 1 is 1.19 bits per heavy atom. The van der Waals surface area contributed by atoms with E-state index in [9.17, 15) is 4.79 Å². The molecule has 3 N–H and O–H groups in total. The summed E-state index contributed by atoms with van der Waals surface area (Å²) in [6.07, 6.45) is 0.890. The Morgan fingerprint density at radius 2 is 1.96 bits per heavy atom. The molecule has 0 bridgehead atoms. The maximum Gasteiger partial charge on any atom is 0.255 e. The normalized spacial score (nSPS) is 11.9. The second kappa shape index (κ2) is 9.14. The van der Waals surface area contributed by atoms with Gasteiger partial charge in [0, 0.05) is 31.4 Å². The van der Waals surface area contributed by atoms with Crippen LogP contribution in [0.25, 0.3) is 10.4 Å². The van der Waals surface area contributed by atoms with Crippen LogP contribution in [0.5, 0.6) is 0 Å². The Morgan fingerprint density at radius 3 is 2.63 bits per heavy atom. The minimum atomic E-state index is -0.464. The van der Waals surface area contributed by atoms with Gasteiger partial charge in [0.1, 0.15) is 0 Å². The lowest BCUT2D eigenvalue weighted by Gasteiger charge is -2.12. The Bertz CT molecular complexity index is 895. The molecule has 0 saturated carbocycles. The van der Waals surface area contributed by atoms with E-state index in [1.54, 1.807) is 11.3 Å². The third-order valence-corrected chi connectivity index (χ3v) is 6.51. The largest absolute Gasteiger partial charge is 0.397 e. The summed E-state index contributed by atoms with van der Waals surface area (Å²) in [7, 11) is -0.464. The molecule has 0 fully saturated rings. The zero-order valence-electron chi connectivity index (χ0n) is 15.4. The molecule has 1 aromatic heterocycles. The van der Waals surface area contributed by atoms with Crippen LogP contribution in [0.4, 0.5) is 11.4 Å². The van der Waals surface area contributed by atoms with Gasteiger partial charge < -0.3 is 15.6 Å². The van der Waals surface area contributed by atoms with Gasteiger partial charge in [0.25, 0.3) is 5.91 Å². The van der Waals surface area contributed by atoms with E-state index in [1.165, 1.54) is 5.56 Å². The van der Waals surface area contributed by atoms with Gasteiger partial charge in [0.05, 0.1) is 11.4 Å². The van der Waals surface area contributed by atoms with Gasteiger partial charge in [-0.2, -0.15) is 0 Å². The lowest BCUT2D eigenvalue weighted by molar-refractivity contribution is 0.102. The van der Waals surface area contributed by atoms with Gasteiger partial charge in [-0.15, -0.1) is 11.3 Å². The highest BCUT2D eigenvalue weighted by Gasteiger charge is 2.11. The van der Waals surface area contributed by atoms with Gasteiger partial charge in [0.15, 0.2) is 0 Å². The van der Waals surface area contributed by atoms with E-state index in [-0.39, 0.29) is 5.91 Å². The number of nitrogens with two attached hydrogens (primary N) is 1. The topological polar surface area (TPSA) is 64.3 Å². The van der Waals surface area contributed by atoms with Gasteiger partial charge in [-0.25, -0.2) is 0 Å². The summed E-state index contributed by atoms with van der Waals surface area (Å²) in [5.74, 6) is -0.167. The number of benzene rings is 2. The predicted octanol–water partition coefficient (Wildman–Crippen LogP) is 5.81.